The molecule has 14 heavy (non-hydrogen) atoms. The third kappa shape index (κ3) is 5.47. The molecule has 0 rings (SSSR count). The largest absolute Gasteiger partial charge is 0.0852 e. The molecule has 0 fully saturated rings. The zero-order valence-electron chi connectivity index (χ0n) is 10.7. The second kappa shape index (κ2) is 8.08. The van der Waals surface area contributed by atoms with Crippen molar-refractivity contribution < 1.29 is 0 Å². The van der Waals surface area contributed by atoms with Gasteiger partial charge in [0.05, 0.1) is 0 Å². The van der Waals surface area contributed by atoms with E-state index in [0.717, 1.165) is 17.8 Å². The Morgan fingerprint density at radius 3 is 1.93 bits per heavy atom. The maximum atomic E-state index is 2.43. The molecule has 0 nitrogen and oxygen atoms in total. The lowest BCUT2D eigenvalue weighted by molar-refractivity contribution is 0.421. The molecule has 0 aromatic heterocycles. The average Bonchev–Trinajstić information content (AvgIpc) is 2.19. The smallest absolute Gasteiger partial charge is 0.0236 e. The van der Waals surface area contributed by atoms with E-state index in [9.17, 15) is 0 Å². The summed E-state index contributed by atoms with van der Waals surface area (Å²) >= 11 is 0. The maximum absolute atomic E-state index is 2.43. The number of rotatable bonds is 7. The summed E-state index contributed by atoms with van der Waals surface area (Å²) in [6.07, 6.45) is 10.1. The molecule has 0 amide bonds. The van der Waals surface area contributed by atoms with Gasteiger partial charge in [-0.2, -0.15) is 0 Å². The van der Waals surface area contributed by atoms with Crippen molar-refractivity contribution in [1.82, 2.24) is 0 Å². The Morgan fingerprint density at radius 2 is 1.50 bits per heavy atom. The van der Waals surface area contributed by atoms with Crippen LogP contribution < -0.4 is 0 Å². The molecule has 0 aromatic carbocycles. The van der Waals surface area contributed by atoms with Gasteiger partial charge in [0.1, 0.15) is 0 Å². The van der Waals surface area contributed by atoms with Gasteiger partial charge in [-0.3, -0.25) is 0 Å². The summed E-state index contributed by atoms with van der Waals surface area (Å²) in [6.45, 7) is 11.5. The van der Waals surface area contributed by atoms with Gasteiger partial charge >= 0.3 is 0 Å². The molecule has 0 saturated heterocycles. The van der Waals surface area contributed by atoms with Gasteiger partial charge in [-0.15, -0.1) is 0 Å². The molecule has 0 N–H and O–H groups in total. The van der Waals surface area contributed by atoms with Crippen LogP contribution in [0.15, 0.2) is 12.2 Å². The van der Waals surface area contributed by atoms with Crippen LogP contribution in [0.4, 0.5) is 0 Å². The molecule has 0 radical (unpaired) electrons. The van der Waals surface area contributed by atoms with Gasteiger partial charge in [-0.25, -0.2) is 0 Å². The van der Waals surface area contributed by atoms with Crippen molar-refractivity contribution in [2.75, 3.05) is 0 Å². The monoisotopic (exact) mass is 196 g/mol. The molecule has 0 aromatic rings. The summed E-state index contributed by atoms with van der Waals surface area (Å²) in [4.78, 5) is 0. The topological polar surface area (TPSA) is 0 Å². The van der Waals surface area contributed by atoms with Crippen molar-refractivity contribution in [3.63, 3.8) is 0 Å². The molecule has 2 atom stereocenters. The van der Waals surface area contributed by atoms with Crippen molar-refractivity contribution in [3.05, 3.63) is 12.2 Å². The first kappa shape index (κ1) is 13.7. The zero-order chi connectivity index (χ0) is 11.0. The van der Waals surface area contributed by atoms with E-state index >= 15 is 0 Å². The van der Waals surface area contributed by atoms with Crippen molar-refractivity contribution in [2.24, 2.45) is 17.8 Å². The molecule has 0 aliphatic heterocycles. The molecule has 0 spiro atoms. The van der Waals surface area contributed by atoms with Crippen molar-refractivity contribution in [2.45, 2.75) is 60.3 Å². The van der Waals surface area contributed by atoms with Crippen LogP contribution in [0.1, 0.15) is 60.3 Å². The molecule has 0 heterocycles. The van der Waals surface area contributed by atoms with Gasteiger partial charge in [0.2, 0.25) is 0 Å². The minimum Gasteiger partial charge on any atom is -0.0852 e. The summed E-state index contributed by atoms with van der Waals surface area (Å²) in [5.41, 5.74) is 0. The number of hydrogen-bond acceptors (Lipinski definition) is 0. The van der Waals surface area contributed by atoms with E-state index in [2.05, 4.69) is 46.8 Å². The summed E-state index contributed by atoms with van der Waals surface area (Å²) in [5.74, 6) is 2.38. The van der Waals surface area contributed by atoms with Gasteiger partial charge in [0, 0.05) is 0 Å². The van der Waals surface area contributed by atoms with Gasteiger partial charge in [0.15, 0.2) is 0 Å². The lowest BCUT2D eigenvalue weighted by Gasteiger charge is -2.16. The van der Waals surface area contributed by atoms with Crippen LogP contribution >= 0.6 is 0 Å². The Morgan fingerprint density at radius 1 is 0.929 bits per heavy atom. The zero-order valence-corrected chi connectivity index (χ0v) is 10.7. The Hall–Kier alpha value is -0.260. The van der Waals surface area contributed by atoms with Crippen molar-refractivity contribution >= 4 is 0 Å². The fraction of sp³-hybridized carbons (Fsp3) is 0.857. The number of allylic oxidation sites excluding steroid dienone is 2. The van der Waals surface area contributed by atoms with Crippen LogP contribution in [0.3, 0.4) is 0 Å². The van der Waals surface area contributed by atoms with Crippen LogP contribution in [-0.2, 0) is 0 Å². The minimum atomic E-state index is 0.746. The molecule has 0 aliphatic rings. The average molecular weight is 196 g/mol. The van der Waals surface area contributed by atoms with Gasteiger partial charge in [-0.1, -0.05) is 59.6 Å². The Bertz CT molecular complexity index is 142. The van der Waals surface area contributed by atoms with E-state index < -0.39 is 0 Å². The normalized spacial score (nSPS) is 16.4. The highest BCUT2D eigenvalue weighted by molar-refractivity contribution is 4.92. The van der Waals surface area contributed by atoms with E-state index in [-0.39, 0.29) is 0 Å². The van der Waals surface area contributed by atoms with Crippen molar-refractivity contribution in [3.8, 4) is 0 Å². The van der Waals surface area contributed by atoms with Crippen LogP contribution in [0.5, 0.6) is 0 Å². The predicted octanol–water partition coefficient (Wildman–Crippen LogP) is 5.05. The first-order valence-corrected chi connectivity index (χ1v) is 6.33. The lowest BCUT2D eigenvalue weighted by Crippen LogP contribution is -2.05. The fourth-order valence-corrected chi connectivity index (χ4v) is 1.80. The summed E-state index contributed by atoms with van der Waals surface area (Å²) in [6, 6.07) is 0. The van der Waals surface area contributed by atoms with E-state index in [1.165, 1.54) is 25.7 Å². The Balaban J connectivity index is 3.95. The van der Waals surface area contributed by atoms with E-state index in [1.54, 1.807) is 0 Å². The lowest BCUT2D eigenvalue weighted by atomic mass is 9.90. The number of hydrogen-bond donors (Lipinski definition) is 0. The second-order valence-corrected chi connectivity index (χ2v) is 4.59. The minimum absolute atomic E-state index is 0.746. The standard InChI is InChI=1S/C14H28/c1-6-9-12(4)13(5)10-11-14(7-2)8-3/h10-14H,6-9H2,1-5H3. The third-order valence-electron chi connectivity index (χ3n) is 3.38. The highest BCUT2D eigenvalue weighted by Gasteiger charge is 2.08. The van der Waals surface area contributed by atoms with Gasteiger partial charge < -0.3 is 0 Å². The maximum Gasteiger partial charge on any atom is -0.0236 e. The Labute approximate surface area is 90.8 Å². The van der Waals surface area contributed by atoms with Gasteiger partial charge in [-0.05, 0) is 30.6 Å². The molecular weight excluding hydrogens is 168 g/mol. The molecule has 2 unspecified atom stereocenters. The van der Waals surface area contributed by atoms with Crippen LogP contribution in [-0.4, -0.2) is 0 Å². The quantitative estimate of drug-likeness (QED) is 0.500. The molecule has 0 saturated carbocycles. The van der Waals surface area contributed by atoms with Crippen LogP contribution in [0, 0.1) is 17.8 Å². The van der Waals surface area contributed by atoms with Crippen LogP contribution in [0.2, 0.25) is 0 Å². The highest BCUT2D eigenvalue weighted by Crippen LogP contribution is 2.19. The van der Waals surface area contributed by atoms with Crippen molar-refractivity contribution in [1.29, 1.82) is 0 Å². The Kier molecular flexibility index (Phi) is 7.93. The molecule has 0 heteroatoms. The first-order chi connectivity index (χ1) is 6.65. The first-order valence-electron chi connectivity index (χ1n) is 6.33. The summed E-state index contributed by atoms with van der Waals surface area (Å²) in [7, 11) is 0. The van der Waals surface area contributed by atoms with Crippen LogP contribution in [0.25, 0.3) is 0 Å². The van der Waals surface area contributed by atoms with E-state index in [4.69, 9.17) is 0 Å². The second-order valence-electron chi connectivity index (χ2n) is 4.59. The molecular formula is C14H28. The SMILES string of the molecule is CCCC(C)C(C)C=CC(CC)CC. The van der Waals surface area contributed by atoms with Gasteiger partial charge in [0.25, 0.3) is 0 Å². The summed E-state index contributed by atoms with van der Waals surface area (Å²) < 4.78 is 0. The molecule has 84 valence electrons. The predicted molar refractivity (Wildman–Crippen MR) is 66.4 cm³/mol. The molecule has 0 bridgehead atoms. The summed E-state index contributed by atoms with van der Waals surface area (Å²) in [5, 5.41) is 0. The fourth-order valence-electron chi connectivity index (χ4n) is 1.80. The van der Waals surface area contributed by atoms with E-state index in [0.29, 0.717) is 0 Å². The van der Waals surface area contributed by atoms with E-state index in [1.807, 2.05) is 0 Å². The highest BCUT2D eigenvalue weighted by atomic mass is 14.1. The third-order valence-corrected chi connectivity index (χ3v) is 3.38. The molecule has 0 aliphatic carbocycles.